The average molecular weight is 456 g/mol. The van der Waals surface area contributed by atoms with Crippen LogP contribution in [0.25, 0.3) is 0 Å². The summed E-state index contributed by atoms with van der Waals surface area (Å²) >= 11 is 7.00. The smallest absolute Gasteiger partial charge is 0.149 e. The van der Waals surface area contributed by atoms with Crippen LogP contribution >= 0.6 is 31.9 Å². The Labute approximate surface area is 159 Å². The molecule has 0 aliphatic rings. The van der Waals surface area contributed by atoms with Gasteiger partial charge in [0.2, 0.25) is 0 Å². The number of alkyl halides is 2. The van der Waals surface area contributed by atoms with Crippen LogP contribution in [0.2, 0.25) is 0 Å². The monoisotopic (exact) mass is 454 g/mol. The van der Waals surface area contributed by atoms with Crippen LogP contribution in [-0.4, -0.2) is 30.7 Å². The second-order valence-corrected chi connectivity index (χ2v) is 6.60. The van der Waals surface area contributed by atoms with Crippen molar-refractivity contribution in [2.24, 2.45) is 0 Å². The van der Waals surface area contributed by atoms with E-state index in [1.165, 1.54) is 0 Å². The number of carbonyl (C=O) groups excluding carboxylic acids is 1. The van der Waals surface area contributed by atoms with Gasteiger partial charge >= 0.3 is 0 Å². The van der Waals surface area contributed by atoms with E-state index < -0.39 is 0 Å². The van der Waals surface area contributed by atoms with Crippen LogP contribution in [0.3, 0.4) is 0 Å². The lowest BCUT2D eigenvalue weighted by molar-refractivity contribution is -0.121. The zero-order valence-corrected chi connectivity index (χ0v) is 16.8. The molecule has 0 spiro atoms. The number of hydrogen-bond acceptors (Lipinski definition) is 3. The van der Waals surface area contributed by atoms with Crippen LogP contribution in [-0.2, 0) is 4.79 Å². The van der Waals surface area contributed by atoms with Crippen molar-refractivity contribution in [2.75, 3.05) is 24.9 Å². The third kappa shape index (κ3) is 4.01. The van der Waals surface area contributed by atoms with E-state index in [4.69, 9.17) is 9.47 Å². The van der Waals surface area contributed by atoms with Gasteiger partial charge in [0.25, 0.3) is 0 Å². The maximum absolute atomic E-state index is 13.3. The molecule has 2 aromatic carbocycles. The highest BCUT2D eigenvalue weighted by Gasteiger charge is 2.31. The molecule has 2 unspecified atom stereocenters. The first kappa shape index (κ1) is 19.0. The number of benzene rings is 2. The third-order valence-corrected chi connectivity index (χ3v) is 5.32. The van der Waals surface area contributed by atoms with E-state index in [1.54, 1.807) is 14.2 Å². The Morgan fingerprint density at radius 1 is 0.833 bits per heavy atom. The minimum atomic E-state index is -0.298. The minimum Gasteiger partial charge on any atom is -0.496 e. The number of hydrogen-bond donors (Lipinski definition) is 0. The van der Waals surface area contributed by atoms with E-state index in [-0.39, 0.29) is 17.6 Å². The largest absolute Gasteiger partial charge is 0.496 e. The summed E-state index contributed by atoms with van der Waals surface area (Å²) in [5.74, 6) is 0.979. The summed E-state index contributed by atoms with van der Waals surface area (Å²) < 4.78 is 10.9. The number of para-hydroxylation sites is 2. The van der Waals surface area contributed by atoms with E-state index in [0.29, 0.717) is 10.7 Å². The normalized spacial score (nSPS) is 13.2. The molecule has 0 radical (unpaired) electrons. The molecule has 0 aliphatic heterocycles. The molecule has 5 heteroatoms. The average Bonchev–Trinajstić information content (AvgIpc) is 2.64. The van der Waals surface area contributed by atoms with E-state index >= 15 is 0 Å². The first-order valence-corrected chi connectivity index (χ1v) is 9.83. The molecular formula is C19H20Br2O3. The Kier molecular flexibility index (Phi) is 7.31. The minimum absolute atomic E-state index is 0.123. The number of ketones is 1. The van der Waals surface area contributed by atoms with Crippen LogP contribution in [0, 0.1) is 0 Å². The Hall–Kier alpha value is -1.33. The second-order valence-electron chi connectivity index (χ2n) is 5.30. The molecule has 0 N–H and O–H groups in total. The first-order valence-electron chi connectivity index (χ1n) is 7.59. The summed E-state index contributed by atoms with van der Waals surface area (Å²) in [7, 11) is 3.24. The Bertz CT molecular complexity index is 630. The number of Topliss-reactive ketones (excluding diaryl/α,β-unsaturated/α-hetero) is 1. The van der Waals surface area contributed by atoms with E-state index in [2.05, 4.69) is 31.9 Å². The molecule has 2 rings (SSSR count). The molecule has 3 nitrogen and oxygen atoms in total. The zero-order valence-electron chi connectivity index (χ0n) is 13.7. The fourth-order valence-corrected chi connectivity index (χ4v) is 4.11. The van der Waals surface area contributed by atoms with E-state index in [0.717, 1.165) is 22.6 Å². The predicted octanol–water partition coefficient (Wildman–Crippen LogP) is 4.93. The number of carbonyl (C=O) groups is 1. The van der Waals surface area contributed by atoms with Gasteiger partial charge in [-0.15, -0.1) is 0 Å². The van der Waals surface area contributed by atoms with Crippen molar-refractivity contribution in [3.63, 3.8) is 0 Å². The molecule has 0 aliphatic carbocycles. The zero-order chi connectivity index (χ0) is 17.5. The highest BCUT2D eigenvalue weighted by Crippen LogP contribution is 2.36. The van der Waals surface area contributed by atoms with Crippen molar-refractivity contribution in [3.05, 3.63) is 59.7 Å². The van der Waals surface area contributed by atoms with Gasteiger partial charge in [-0.25, -0.2) is 0 Å². The summed E-state index contributed by atoms with van der Waals surface area (Å²) in [6.45, 7) is 0. The molecule has 0 aromatic heterocycles. The van der Waals surface area contributed by atoms with Crippen molar-refractivity contribution in [1.29, 1.82) is 0 Å². The number of methoxy groups -OCH3 is 2. The van der Waals surface area contributed by atoms with Gasteiger partial charge in [0, 0.05) is 21.8 Å². The lowest BCUT2D eigenvalue weighted by atomic mass is 9.85. The topological polar surface area (TPSA) is 35.5 Å². The molecular weight excluding hydrogens is 436 g/mol. The number of ether oxygens (including phenoxy) is 2. The second kappa shape index (κ2) is 9.23. The molecule has 0 saturated carbocycles. The van der Waals surface area contributed by atoms with Crippen LogP contribution in [0.1, 0.15) is 23.0 Å². The van der Waals surface area contributed by atoms with Gasteiger partial charge in [0.1, 0.15) is 17.3 Å². The standard InChI is InChI=1S/C19H20Br2O3/c1-23-17-9-5-3-7-13(17)15(11-20)19(22)16(12-21)14-8-4-6-10-18(14)24-2/h3-10,15-16H,11-12H2,1-2H3. The highest BCUT2D eigenvalue weighted by molar-refractivity contribution is 9.09. The van der Waals surface area contributed by atoms with Crippen molar-refractivity contribution in [1.82, 2.24) is 0 Å². The molecule has 2 aromatic rings. The maximum atomic E-state index is 13.3. The lowest BCUT2D eigenvalue weighted by Crippen LogP contribution is -2.24. The van der Waals surface area contributed by atoms with E-state index in [1.807, 2.05) is 48.5 Å². The lowest BCUT2D eigenvalue weighted by Gasteiger charge is -2.23. The van der Waals surface area contributed by atoms with Crippen LogP contribution < -0.4 is 9.47 Å². The fraction of sp³-hybridized carbons (Fsp3) is 0.316. The third-order valence-electron chi connectivity index (χ3n) is 4.02. The van der Waals surface area contributed by atoms with Crippen molar-refractivity contribution < 1.29 is 14.3 Å². The highest BCUT2D eigenvalue weighted by atomic mass is 79.9. The van der Waals surface area contributed by atoms with Crippen LogP contribution in [0.4, 0.5) is 0 Å². The molecule has 0 bridgehead atoms. The summed E-state index contributed by atoms with van der Waals surface area (Å²) in [6, 6.07) is 15.3. The molecule has 0 fully saturated rings. The van der Waals surface area contributed by atoms with Gasteiger partial charge in [-0.2, -0.15) is 0 Å². The quantitative estimate of drug-likeness (QED) is 0.529. The van der Waals surface area contributed by atoms with Crippen LogP contribution in [0.5, 0.6) is 11.5 Å². The Morgan fingerprint density at radius 2 is 1.21 bits per heavy atom. The van der Waals surface area contributed by atoms with Crippen molar-refractivity contribution >= 4 is 37.6 Å². The Morgan fingerprint density at radius 3 is 1.54 bits per heavy atom. The van der Waals surface area contributed by atoms with E-state index in [9.17, 15) is 4.79 Å². The Balaban J connectivity index is 2.42. The summed E-state index contributed by atoms with van der Waals surface area (Å²) in [5.41, 5.74) is 1.78. The molecule has 2 atom stereocenters. The van der Waals surface area contributed by atoms with Crippen molar-refractivity contribution in [2.45, 2.75) is 11.8 Å². The molecule has 0 amide bonds. The van der Waals surface area contributed by atoms with Gasteiger partial charge in [-0.3, -0.25) is 4.79 Å². The van der Waals surface area contributed by atoms with Gasteiger partial charge in [-0.1, -0.05) is 68.3 Å². The van der Waals surface area contributed by atoms with Gasteiger partial charge in [-0.05, 0) is 12.1 Å². The number of rotatable bonds is 8. The maximum Gasteiger partial charge on any atom is 0.149 e. The van der Waals surface area contributed by atoms with Crippen LogP contribution in [0.15, 0.2) is 48.5 Å². The first-order chi connectivity index (χ1) is 11.7. The molecule has 128 valence electrons. The van der Waals surface area contributed by atoms with Gasteiger partial charge in [0.15, 0.2) is 0 Å². The van der Waals surface area contributed by atoms with Gasteiger partial charge < -0.3 is 9.47 Å². The molecule has 0 saturated heterocycles. The van der Waals surface area contributed by atoms with Crippen molar-refractivity contribution in [3.8, 4) is 11.5 Å². The predicted molar refractivity (Wildman–Crippen MR) is 104 cm³/mol. The molecule has 24 heavy (non-hydrogen) atoms. The molecule has 0 heterocycles. The summed E-state index contributed by atoms with van der Waals surface area (Å²) in [5, 5.41) is 1.07. The summed E-state index contributed by atoms with van der Waals surface area (Å²) in [4.78, 5) is 13.3. The summed E-state index contributed by atoms with van der Waals surface area (Å²) in [6.07, 6.45) is 0. The fourth-order valence-electron chi connectivity index (χ4n) is 2.78. The number of halogens is 2. The van der Waals surface area contributed by atoms with Gasteiger partial charge in [0.05, 0.1) is 26.1 Å². The SMILES string of the molecule is COc1ccccc1C(CBr)C(=O)C(CBr)c1ccccc1OC.